The van der Waals surface area contributed by atoms with Gasteiger partial charge in [-0.1, -0.05) is 12.2 Å². The minimum absolute atomic E-state index is 0.00614. The summed E-state index contributed by atoms with van der Waals surface area (Å²) in [7, 11) is 0. The number of nitrogens with zero attached hydrogens (tertiary/aromatic N) is 1. The molecule has 0 saturated heterocycles. The molecule has 2 fully saturated rings. The largest absolute Gasteiger partial charge is 0.481 e. The summed E-state index contributed by atoms with van der Waals surface area (Å²) in [5.74, 6) is -1.87. The highest BCUT2D eigenvalue weighted by atomic mass is 16.4. The van der Waals surface area contributed by atoms with Gasteiger partial charge in [-0.05, 0) is 31.1 Å². The van der Waals surface area contributed by atoms with Crippen LogP contribution < -0.4 is 0 Å². The Bertz CT molecular complexity index is 429. The molecule has 0 spiro atoms. The second kappa shape index (κ2) is 4.63. The number of hydrogen-bond acceptors (Lipinski definition) is 3. The van der Waals surface area contributed by atoms with Gasteiger partial charge in [-0.3, -0.25) is 9.59 Å². The predicted octanol–water partition coefficient (Wildman–Crippen LogP) is 0.493. The minimum Gasteiger partial charge on any atom is -0.481 e. The number of carbonyl (C=O) groups excluding carboxylic acids is 1. The van der Waals surface area contributed by atoms with Gasteiger partial charge in [-0.25, -0.2) is 0 Å². The number of rotatable bonds is 5. The fraction of sp³-hybridized carbons (Fsp3) is 0.714. The first-order chi connectivity index (χ1) is 9.13. The third-order valence-electron chi connectivity index (χ3n) is 4.64. The maximum atomic E-state index is 12.6. The van der Waals surface area contributed by atoms with E-state index in [4.69, 9.17) is 5.11 Å². The van der Waals surface area contributed by atoms with Gasteiger partial charge in [0.2, 0.25) is 5.91 Å². The van der Waals surface area contributed by atoms with Gasteiger partial charge in [-0.15, -0.1) is 0 Å². The Labute approximate surface area is 111 Å². The van der Waals surface area contributed by atoms with Gasteiger partial charge < -0.3 is 15.1 Å². The molecule has 0 aliphatic heterocycles. The van der Waals surface area contributed by atoms with Gasteiger partial charge in [0.1, 0.15) is 0 Å². The van der Waals surface area contributed by atoms with Crippen LogP contribution in [0.2, 0.25) is 0 Å². The number of fused-ring (bicyclic) bond motifs is 2. The second-order valence-corrected chi connectivity index (χ2v) is 5.82. The van der Waals surface area contributed by atoms with Crippen LogP contribution in [0.4, 0.5) is 0 Å². The Balaban J connectivity index is 1.81. The Morgan fingerprint density at radius 3 is 2.32 bits per heavy atom. The second-order valence-electron chi connectivity index (χ2n) is 5.82. The highest BCUT2D eigenvalue weighted by Crippen LogP contribution is 2.49. The molecule has 2 saturated carbocycles. The molecule has 3 aliphatic rings. The molecule has 0 aromatic rings. The van der Waals surface area contributed by atoms with Crippen LogP contribution in [0, 0.1) is 23.7 Å². The molecule has 2 unspecified atom stereocenters. The molecule has 19 heavy (non-hydrogen) atoms. The molecule has 3 rings (SSSR count). The van der Waals surface area contributed by atoms with Crippen molar-refractivity contribution >= 4 is 11.9 Å². The average molecular weight is 265 g/mol. The van der Waals surface area contributed by atoms with Crippen molar-refractivity contribution in [1.82, 2.24) is 4.90 Å². The molecule has 0 aromatic heterocycles. The standard InChI is InChI=1S/C14H19NO4/c16-6-5-15(10-3-4-10)13(17)11-8-1-2-9(7-8)12(11)14(18)19/h1-2,8-12,16H,3-7H2,(H,18,19)/t8?,9?,11-,12+/m0/s1. The highest BCUT2D eigenvalue weighted by Gasteiger charge is 2.53. The van der Waals surface area contributed by atoms with Crippen molar-refractivity contribution in [3.8, 4) is 0 Å². The van der Waals surface area contributed by atoms with Gasteiger partial charge in [-0.2, -0.15) is 0 Å². The zero-order valence-corrected chi connectivity index (χ0v) is 10.7. The number of aliphatic hydroxyl groups is 1. The Hall–Kier alpha value is -1.36. The summed E-state index contributed by atoms with van der Waals surface area (Å²) in [5.41, 5.74) is 0. The van der Waals surface area contributed by atoms with E-state index in [1.54, 1.807) is 4.90 Å². The van der Waals surface area contributed by atoms with Crippen LogP contribution in [0.15, 0.2) is 12.2 Å². The van der Waals surface area contributed by atoms with E-state index in [1.807, 2.05) is 12.2 Å². The maximum Gasteiger partial charge on any atom is 0.307 e. The van der Waals surface area contributed by atoms with E-state index < -0.39 is 17.8 Å². The SMILES string of the molecule is O=C(O)[C@@H]1C2C=CC(C2)[C@@H]1C(=O)N(CCO)C1CC1. The van der Waals surface area contributed by atoms with Crippen LogP contribution in [0.25, 0.3) is 0 Å². The quantitative estimate of drug-likeness (QED) is 0.709. The number of aliphatic carboxylic acids is 1. The number of aliphatic hydroxyl groups excluding tert-OH is 1. The van der Waals surface area contributed by atoms with Crippen LogP contribution >= 0.6 is 0 Å². The predicted molar refractivity (Wildman–Crippen MR) is 67.2 cm³/mol. The lowest BCUT2D eigenvalue weighted by molar-refractivity contribution is -0.151. The zero-order valence-electron chi connectivity index (χ0n) is 10.7. The Morgan fingerprint density at radius 2 is 1.79 bits per heavy atom. The molecule has 104 valence electrons. The normalized spacial score (nSPS) is 35.6. The summed E-state index contributed by atoms with van der Waals surface area (Å²) in [4.78, 5) is 25.8. The first-order valence-corrected chi connectivity index (χ1v) is 6.96. The summed E-state index contributed by atoms with van der Waals surface area (Å²) in [6, 6.07) is 0.220. The summed E-state index contributed by atoms with van der Waals surface area (Å²) in [6.07, 6.45) is 6.67. The Kier molecular flexibility index (Phi) is 3.09. The fourth-order valence-electron chi connectivity index (χ4n) is 3.65. The number of allylic oxidation sites excluding steroid dienone is 2. The van der Waals surface area contributed by atoms with E-state index in [0.717, 1.165) is 19.3 Å². The molecular weight excluding hydrogens is 246 g/mol. The molecule has 2 N–H and O–H groups in total. The van der Waals surface area contributed by atoms with Crippen molar-refractivity contribution in [2.24, 2.45) is 23.7 Å². The lowest BCUT2D eigenvalue weighted by atomic mass is 9.82. The van der Waals surface area contributed by atoms with Crippen LogP contribution in [0.3, 0.4) is 0 Å². The van der Waals surface area contributed by atoms with Crippen molar-refractivity contribution in [2.45, 2.75) is 25.3 Å². The maximum absolute atomic E-state index is 12.6. The summed E-state index contributed by atoms with van der Waals surface area (Å²) < 4.78 is 0. The number of carboxylic acid groups (broad SMARTS) is 1. The van der Waals surface area contributed by atoms with Gasteiger partial charge in [0.05, 0.1) is 18.4 Å². The molecule has 4 atom stereocenters. The third kappa shape index (κ3) is 2.06. The topological polar surface area (TPSA) is 77.8 Å². The molecule has 0 aromatic carbocycles. The fourth-order valence-corrected chi connectivity index (χ4v) is 3.65. The summed E-state index contributed by atoms with van der Waals surface area (Å²) in [5, 5.41) is 18.5. The lowest BCUT2D eigenvalue weighted by Crippen LogP contribution is -2.45. The molecular formula is C14H19NO4. The van der Waals surface area contributed by atoms with Crippen molar-refractivity contribution in [2.75, 3.05) is 13.2 Å². The van der Waals surface area contributed by atoms with Crippen LogP contribution in [-0.4, -0.2) is 46.2 Å². The summed E-state index contributed by atoms with van der Waals surface area (Å²) >= 11 is 0. The van der Waals surface area contributed by atoms with Gasteiger partial charge in [0.25, 0.3) is 0 Å². The minimum atomic E-state index is -0.866. The van der Waals surface area contributed by atoms with Crippen molar-refractivity contribution in [3.05, 3.63) is 12.2 Å². The molecule has 0 heterocycles. The van der Waals surface area contributed by atoms with Crippen molar-refractivity contribution < 1.29 is 19.8 Å². The zero-order chi connectivity index (χ0) is 13.6. The van der Waals surface area contributed by atoms with Crippen LogP contribution in [0.5, 0.6) is 0 Å². The number of amides is 1. The number of hydrogen-bond donors (Lipinski definition) is 2. The van der Waals surface area contributed by atoms with E-state index in [-0.39, 0.29) is 30.4 Å². The van der Waals surface area contributed by atoms with E-state index in [0.29, 0.717) is 6.54 Å². The van der Waals surface area contributed by atoms with E-state index in [1.165, 1.54) is 0 Å². The van der Waals surface area contributed by atoms with E-state index in [2.05, 4.69) is 0 Å². The number of carboxylic acids is 1. The first-order valence-electron chi connectivity index (χ1n) is 6.96. The Morgan fingerprint density at radius 1 is 1.16 bits per heavy atom. The van der Waals surface area contributed by atoms with E-state index in [9.17, 15) is 14.7 Å². The molecule has 2 bridgehead atoms. The smallest absolute Gasteiger partial charge is 0.307 e. The molecule has 3 aliphatic carbocycles. The average Bonchev–Trinajstić information content (AvgIpc) is 3.01. The van der Waals surface area contributed by atoms with Gasteiger partial charge >= 0.3 is 5.97 Å². The van der Waals surface area contributed by atoms with Crippen LogP contribution in [0.1, 0.15) is 19.3 Å². The highest BCUT2D eigenvalue weighted by molar-refractivity contribution is 5.87. The summed E-state index contributed by atoms with van der Waals surface area (Å²) in [6.45, 7) is 0.268. The van der Waals surface area contributed by atoms with Crippen molar-refractivity contribution in [1.29, 1.82) is 0 Å². The first kappa shape index (κ1) is 12.7. The van der Waals surface area contributed by atoms with Crippen molar-refractivity contribution in [3.63, 3.8) is 0 Å². The van der Waals surface area contributed by atoms with Gasteiger partial charge in [0.15, 0.2) is 0 Å². The molecule has 1 amide bonds. The molecule has 0 radical (unpaired) electrons. The van der Waals surface area contributed by atoms with E-state index >= 15 is 0 Å². The lowest BCUT2D eigenvalue weighted by Gasteiger charge is -2.30. The molecule has 5 nitrogen and oxygen atoms in total. The third-order valence-corrected chi connectivity index (χ3v) is 4.64. The molecule has 5 heteroatoms. The monoisotopic (exact) mass is 265 g/mol. The van der Waals surface area contributed by atoms with Crippen LogP contribution in [-0.2, 0) is 9.59 Å². The van der Waals surface area contributed by atoms with Gasteiger partial charge in [0, 0.05) is 12.6 Å². The number of carbonyl (C=O) groups is 2.